The van der Waals surface area contributed by atoms with E-state index in [0.29, 0.717) is 12.8 Å². The molecule has 30 nitrogen and oxygen atoms in total. The first-order chi connectivity index (χ1) is 39.8. The summed E-state index contributed by atoms with van der Waals surface area (Å²) in [6, 6.07) is -0.661. The monoisotopic (exact) mass is 1240 g/mol. The predicted molar refractivity (Wildman–Crippen MR) is 285 cm³/mol. The summed E-state index contributed by atoms with van der Waals surface area (Å²) in [6.07, 6.45) is -17.7. The van der Waals surface area contributed by atoms with Crippen LogP contribution in [0.1, 0.15) is 167 Å². The van der Waals surface area contributed by atoms with E-state index in [4.69, 9.17) is 74.9 Å². The Balaban J connectivity index is 4.86. The molecule has 31 heteroatoms. The molecule has 0 spiro atoms. The van der Waals surface area contributed by atoms with E-state index in [0.717, 1.165) is 122 Å². The van der Waals surface area contributed by atoms with Crippen molar-refractivity contribution in [1.82, 2.24) is 0 Å². The minimum Gasteiger partial charge on any atom is -0.466 e. The molecule has 1 aliphatic heterocycles. The third-order valence-electron chi connectivity index (χ3n) is 11.5. The average Bonchev–Trinajstić information content (AvgIpc) is 1.49. The first-order valence-corrected chi connectivity index (χ1v) is 29.5. The van der Waals surface area contributed by atoms with Gasteiger partial charge < -0.3 is 85.1 Å². The molecule has 0 bridgehead atoms. The SMILES string of the molecule is CCCCCCCCCCCC[Si](OC(O)C(OC(C)=O)=C(OC(C)=O)C(CCOC(C)=O)OC(C)=O)(OC(O)C(OC(C)=O)C(OC(C)=O)C(CCOC(C)=O)OC(C)=O)OC1OC(COC(C)=O)C(OC(C)=O)C(OC(C)=O)C1OC(C)=O. The van der Waals surface area contributed by atoms with E-state index in [2.05, 4.69) is 6.92 Å². The first-order valence-electron chi connectivity index (χ1n) is 27.6. The molecule has 0 amide bonds. The number of unbranched alkanes of at least 4 members (excludes halogenated alkanes) is 9. The summed E-state index contributed by atoms with van der Waals surface area (Å²) in [5.74, 6) is -14.8. The third kappa shape index (κ3) is 31.4. The molecule has 1 aliphatic rings. The lowest BCUT2D eigenvalue weighted by Gasteiger charge is -2.46. The van der Waals surface area contributed by atoms with Crippen LogP contribution in [0.25, 0.3) is 0 Å². The van der Waals surface area contributed by atoms with Gasteiger partial charge in [-0.25, -0.2) is 0 Å². The number of carbonyl (C=O) groups excluding carboxylic acids is 12. The highest BCUT2D eigenvalue weighted by atomic mass is 28.4. The maximum atomic E-state index is 13.1. The van der Waals surface area contributed by atoms with E-state index in [9.17, 15) is 67.7 Å². The van der Waals surface area contributed by atoms with E-state index in [1.165, 1.54) is 0 Å². The van der Waals surface area contributed by atoms with Crippen LogP contribution in [0, 0.1) is 0 Å². The van der Waals surface area contributed by atoms with Gasteiger partial charge in [-0.05, 0) is 6.42 Å². The first kappa shape index (κ1) is 76.4. The Kier molecular flexibility index (Phi) is 35.8. The Hall–Kier alpha value is -6.64. The van der Waals surface area contributed by atoms with Crippen molar-refractivity contribution in [2.24, 2.45) is 0 Å². The van der Waals surface area contributed by atoms with Crippen molar-refractivity contribution in [3.05, 3.63) is 11.5 Å². The van der Waals surface area contributed by atoms with Crippen LogP contribution in [-0.2, 0) is 132 Å². The lowest BCUT2D eigenvalue weighted by molar-refractivity contribution is -0.302. The smallest absolute Gasteiger partial charge is 0.466 e. The summed E-state index contributed by atoms with van der Waals surface area (Å²) in [5, 5.41) is 25.2. The molecule has 1 heterocycles. The normalized spacial score (nSPS) is 19.6. The molecule has 2 N–H and O–H groups in total. The number of aliphatic hydroxyl groups excluding tert-OH is 2. The number of aliphatic hydroxyl groups is 2. The van der Waals surface area contributed by atoms with Gasteiger partial charge in [-0.1, -0.05) is 64.7 Å². The third-order valence-corrected chi connectivity index (χ3v) is 14.3. The largest absolute Gasteiger partial charge is 0.507 e. The molecular weight excluding hydrogens is 1160 g/mol. The summed E-state index contributed by atoms with van der Waals surface area (Å²) in [6.45, 7) is 11.3. The summed E-state index contributed by atoms with van der Waals surface area (Å²) >= 11 is 0. The Labute approximate surface area is 493 Å². The molecule has 12 atom stereocenters. The van der Waals surface area contributed by atoms with Gasteiger partial charge in [0.05, 0.1) is 13.2 Å². The molecule has 1 saturated heterocycles. The van der Waals surface area contributed by atoms with Crippen molar-refractivity contribution in [3.63, 3.8) is 0 Å². The molecule has 0 aromatic carbocycles. The topological polar surface area (TPSA) is 393 Å². The highest BCUT2D eigenvalue weighted by Gasteiger charge is 2.59. The number of hydrogen-bond donors (Lipinski definition) is 2. The Morgan fingerprint density at radius 3 is 1.36 bits per heavy atom. The summed E-state index contributed by atoms with van der Waals surface area (Å²) in [7, 11) is -5.73. The molecule has 0 radical (unpaired) electrons. The Bertz CT molecular complexity index is 2270. The molecule has 0 saturated carbocycles. The number of rotatable bonds is 39. The highest BCUT2D eigenvalue weighted by Crippen LogP contribution is 2.37. The van der Waals surface area contributed by atoms with E-state index in [1.807, 2.05) is 0 Å². The van der Waals surface area contributed by atoms with Crippen molar-refractivity contribution in [3.8, 4) is 0 Å². The second-order valence-electron chi connectivity index (χ2n) is 19.3. The Morgan fingerprint density at radius 1 is 0.447 bits per heavy atom. The molecule has 0 aliphatic carbocycles. The fourth-order valence-electron chi connectivity index (χ4n) is 8.43. The molecule has 12 unspecified atom stereocenters. The van der Waals surface area contributed by atoms with Gasteiger partial charge in [0.25, 0.3) is 0 Å². The maximum Gasteiger partial charge on any atom is 0.507 e. The lowest BCUT2D eigenvalue weighted by Crippen LogP contribution is -2.66. The molecule has 85 heavy (non-hydrogen) atoms. The molecule has 0 aromatic rings. The second kappa shape index (κ2) is 39.9. The van der Waals surface area contributed by atoms with E-state index in [1.54, 1.807) is 0 Å². The maximum absolute atomic E-state index is 13.1. The van der Waals surface area contributed by atoms with Crippen LogP contribution >= 0.6 is 0 Å². The van der Waals surface area contributed by atoms with Crippen LogP contribution in [-0.4, -0.2) is 178 Å². The summed E-state index contributed by atoms with van der Waals surface area (Å²) in [5.41, 5.74) is 0. The van der Waals surface area contributed by atoms with Crippen LogP contribution in [0.4, 0.5) is 0 Å². The summed E-state index contributed by atoms with van der Waals surface area (Å²) < 4.78 is 90.8. The van der Waals surface area contributed by atoms with Gasteiger partial charge in [0.15, 0.2) is 55.0 Å². The lowest BCUT2D eigenvalue weighted by atomic mass is 9.98. The zero-order valence-electron chi connectivity index (χ0n) is 50.5. The number of carbonyl (C=O) groups is 12. The zero-order chi connectivity index (χ0) is 64.6. The molecule has 484 valence electrons. The standard InChI is InChI=1S/C54H84O30Si/c1-14-15-16-17-18-19-20-21-22-23-28-85(82-52(67)49(78-39(11)64)45(74-35(7)60)42(72-33(5)58)24-26-69-30(2)55,83-53(68)50(79-40(12)65)46(75-36(8)61)43(73-34(6)59)25-27-70-31(3)56)84-54-51(80-41(13)66)48(77-38(10)63)47(76-37(9)62)44(81-54)29-71-32(4)57/h42-45,47-49,51-54,67-68H,14-29H2,1-13H3. The van der Waals surface area contributed by atoms with Gasteiger partial charge in [-0.3, -0.25) is 57.5 Å². The minimum atomic E-state index is -5.73. The van der Waals surface area contributed by atoms with Gasteiger partial charge in [0, 0.05) is 102 Å². The van der Waals surface area contributed by atoms with Gasteiger partial charge in [0.2, 0.25) is 12.0 Å². The van der Waals surface area contributed by atoms with Crippen molar-refractivity contribution in [1.29, 1.82) is 0 Å². The van der Waals surface area contributed by atoms with Gasteiger partial charge in [-0.15, -0.1) is 0 Å². The fourth-order valence-corrected chi connectivity index (χ4v) is 11.1. The Morgan fingerprint density at radius 2 is 0.894 bits per heavy atom. The van der Waals surface area contributed by atoms with Crippen LogP contribution in [0.5, 0.6) is 0 Å². The number of hydrogen-bond acceptors (Lipinski definition) is 30. The summed E-state index contributed by atoms with van der Waals surface area (Å²) in [4.78, 5) is 152. The predicted octanol–water partition coefficient (Wildman–Crippen LogP) is 3.59. The van der Waals surface area contributed by atoms with Gasteiger partial charge >= 0.3 is 80.4 Å². The van der Waals surface area contributed by atoms with Gasteiger partial charge in [-0.2, -0.15) is 0 Å². The van der Waals surface area contributed by atoms with Crippen molar-refractivity contribution < 1.29 is 143 Å². The minimum absolute atomic E-state index is 0.0985. The number of esters is 12. The van der Waals surface area contributed by atoms with E-state index in [-0.39, 0.29) is 12.8 Å². The zero-order valence-corrected chi connectivity index (χ0v) is 51.5. The second-order valence-corrected chi connectivity index (χ2v) is 21.9. The molecule has 1 fully saturated rings. The van der Waals surface area contributed by atoms with E-state index < -0.39 is 198 Å². The van der Waals surface area contributed by atoms with Crippen LogP contribution in [0.15, 0.2) is 11.5 Å². The van der Waals surface area contributed by atoms with Crippen LogP contribution < -0.4 is 0 Å². The van der Waals surface area contributed by atoms with E-state index >= 15 is 0 Å². The average molecular weight is 1240 g/mol. The highest BCUT2D eigenvalue weighted by molar-refractivity contribution is 6.60. The number of ether oxygens (including phenoxy) is 13. The fraction of sp³-hybridized carbons (Fsp3) is 0.741. The molecule has 1 rings (SSSR count). The molecule has 0 aromatic heterocycles. The van der Waals surface area contributed by atoms with Crippen LogP contribution in [0.3, 0.4) is 0 Å². The van der Waals surface area contributed by atoms with Crippen molar-refractivity contribution in [2.75, 3.05) is 19.8 Å². The van der Waals surface area contributed by atoms with Crippen molar-refractivity contribution >= 4 is 80.4 Å². The quantitative estimate of drug-likeness (QED) is 0.0222. The van der Waals surface area contributed by atoms with Crippen LogP contribution in [0.2, 0.25) is 6.04 Å². The van der Waals surface area contributed by atoms with Crippen molar-refractivity contribution in [2.45, 2.75) is 241 Å². The van der Waals surface area contributed by atoms with Gasteiger partial charge in [0.1, 0.15) is 18.8 Å². The molecular formula is C54H84O30Si.